The van der Waals surface area contributed by atoms with E-state index in [2.05, 4.69) is 5.32 Å². The van der Waals surface area contributed by atoms with Gasteiger partial charge in [-0.3, -0.25) is 4.79 Å². The predicted molar refractivity (Wildman–Crippen MR) is 62.5 cm³/mol. The van der Waals surface area contributed by atoms with Gasteiger partial charge in [-0.1, -0.05) is 31.1 Å². The first kappa shape index (κ1) is 13.9. The van der Waals surface area contributed by atoms with Gasteiger partial charge in [-0.15, -0.1) is 0 Å². The number of hydrogen-bond acceptors (Lipinski definition) is 2. The summed E-state index contributed by atoms with van der Waals surface area (Å²) >= 11 is 0. The van der Waals surface area contributed by atoms with Crippen LogP contribution in [0.25, 0.3) is 0 Å². The summed E-state index contributed by atoms with van der Waals surface area (Å²) in [5, 5.41) is 11.3. The van der Waals surface area contributed by atoms with Gasteiger partial charge in [0.15, 0.2) is 0 Å². The highest BCUT2D eigenvalue weighted by atomic mass is 16.2. The van der Waals surface area contributed by atoms with Crippen LogP contribution in [-0.2, 0) is 4.79 Å². The van der Waals surface area contributed by atoms with Crippen molar-refractivity contribution in [3.8, 4) is 0 Å². The summed E-state index contributed by atoms with van der Waals surface area (Å²) in [6, 6.07) is 0. The average Bonchev–Trinajstić information content (AvgIpc) is 2.23. The molecule has 0 saturated heterocycles. The number of rotatable bonds is 8. The molecule has 3 heteroatoms. The second-order valence-electron chi connectivity index (χ2n) is 3.31. The van der Waals surface area contributed by atoms with Gasteiger partial charge in [-0.2, -0.15) is 0 Å². The molecule has 0 heterocycles. The lowest BCUT2D eigenvalue weighted by Crippen LogP contribution is -2.21. The van der Waals surface area contributed by atoms with Gasteiger partial charge in [-0.25, -0.2) is 0 Å². The van der Waals surface area contributed by atoms with Gasteiger partial charge in [-0.05, 0) is 19.8 Å². The van der Waals surface area contributed by atoms with E-state index in [1.807, 2.05) is 19.1 Å². The van der Waals surface area contributed by atoms with Crippen LogP contribution in [0.4, 0.5) is 0 Å². The van der Waals surface area contributed by atoms with Crippen molar-refractivity contribution in [2.45, 2.75) is 32.6 Å². The van der Waals surface area contributed by atoms with Crippen LogP contribution in [0.1, 0.15) is 32.6 Å². The SMILES string of the molecule is CC=CC=CC(=O)NCCCCCCO. The Kier molecular flexibility index (Phi) is 10.2. The Morgan fingerprint density at radius 2 is 1.93 bits per heavy atom. The number of nitrogens with one attached hydrogen (secondary N) is 1. The predicted octanol–water partition coefficient (Wildman–Crippen LogP) is 1.79. The zero-order valence-corrected chi connectivity index (χ0v) is 9.41. The number of carbonyl (C=O) groups excluding carboxylic acids is 1. The number of amides is 1. The summed E-state index contributed by atoms with van der Waals surface area (Å²) in [4.78, 5) is 11.1. The molecule has 0 aliphatic carbocycles. The fourth-order valence-corrected chi connectivity index (χ4v) is 1.11. The molecule has 0 aliphatic rings. The molecule has 3 nitrogen and oxygen atoms in total. The molecule has 0 radical (unpaired) electrons. The Morgan fingerprint density at radius 1 is 1.20 bits per heavy atom. The second kappa shape index (κ2) is 11.0. The van der Waals surface area contributed by atoms with Crippen molar-refractivity contribution >= 4 is 5.91 Å². The van der Waals surface area contributed by atoms with Crippen LogP contribution in [-0.4, -0.2) is 24.2 Å². The van der Waals surface area contributed by atoms with Gasteiger partial charge in [0, 0.05) is 19.2 Å². The van der Waals surface area contributed by atoms with Crippen molar-refractivity contribution in [3.05, 3.63) is 24.3 Å². The minimum absolute atomic E-state index is 0.0461. The molecule has 0 aromatic rings. The number of hydrogen-bond donors (Lipinski definition) is 2. The first-order chi connectivity index (χ1) is 7.31. The van der Waals surface area contributed by atoms with Crippen LogP contribution in [0.5, 0.6) is 0 Å². The molecule has 0 spiro atoms. The van der Waals surface area contributed by atoms with Crippen LogP contribution in [0.2, 0.25) is 0 Å². The first-order valence-electron chi connectivity index (χ1n) is 5.49. The third-order valence-electron chi connectivity index (χ3n) is 1.94. The highest BCUT2D eigenvalue weighted by Crippen LogP contribution is 1.97. The van der Waals surface area contributed by atoms with Gasteiger partial charge >= 0.3 is 0 Å². The van der Waals surface area contributed by atoms with E-state index in [0.29, 0.717) is 6.54 Å². The molecule has 0 aromatic heterocycles. The highest BCUT2D eigenvalue weighted by molar-refractivity contribution is 5.87. The molecule has 0 aliphatic heterocycles. The van der Waals surface area contributed by atoms with E-state index in [4.69, 9.17) is 5.11 Å². The monoisotopic (exact) mass is 211 g/mol. The molecule has 2 N–H and O–H groups in total. The van der Waals surface area contributed by atoms with Crippen molar-refractivity contribution in [2.24, 2.45) is 0 Å². The lowest BCUT2D eigenvalue weighted by atomic mass is 10.2. The average molecular weight is 211 g/mol. The summed E-state index contributed by atoms with van der Waals surface area (Å²) in [6.45, 7) is 2.88. The molecule has 0 aromatic carbocycles. The molecule has 15 heavy (non-hydrogen) atoms. The van der Waals surface area contributed by atoms with E-state index >= 15 is 0 Å². The molecule has 0 atom stereocenters. The fraction of sp³-hybridized carbons (Fsp3) is 0.583. The maximum Gasteiger partial charge on any atom is 0.243 e. The van der Waals surface area contributed by atoms with E-state index in [-0.39, 0.29) is 12.5 Å². The van der Waals surface area contributed by atoms with Gasteiger partial charge < -0.3 is 10.4 Å². The van der Waals surface area contributed by atoms with Crippen molar-refractivity contribution in [1.29, 1.82) is 0 Å². The van der Waals surface area contributed by atoms with E-state index in [1.54, 1.807) is 6.08 Å². The Labute approximate surface area is 91.9 Å². The summed E-state index contributed by atoms with van der Waals surface area (Å²) in [5.41, 5.74) is 0. The second-order valence-corrected chi connectivity index (χ2v) is 3.31. The number of allylic oxidation sites excluding steroid dienone is 3. The van der Waals surface area contributed by atoms with Crippen molar-refractivity contribution in [1.82, 2.24) is 5.32 Å². The van der Waals surface area contributed by atoms with E-state index in [9.17, 15) is 4.79 Å². The maximum atomic E-state index is 11.1. The molecule has 0 saturated carbocycles. The van der Waals surface area contributed by atoms with Crippen molar-refractivity contribution in [2.75, 3.05) is 13.2 Å². The minimum atomic E-state index is -0.0461. The number of aliphatic hydroxyl groups excluding tert-OH is 1. The van der Waals surface area contributed by atoms with E-state index in [0.717, 1.165) is 25.7 Å². The standard InChI is InChI=1S/C12H21NO2/c1-2-3-6-9-12(15)13-10-7-4-5-8-11-14/h2-3,6,9,14H,4-5,7-8,10-11H2,1H3,(H,13,15). The largest absolute Gasteiger partial charge is 0.396 e. The molecule has 86 valence electrons. The third kappa shape index (κ3) is 10.8. The summed E-state index contributed by atoms with van der Waals surface area (Å²) < 4.78 is 0. The Morgan fingerprint density at radius 3 is 2.60 bits per heavy atom. The third-order valence-corrected chi connectivity index (χ3v) is 1.94. The minimum Gasteiger partial charge on any atom is -0.396 e. The summed E-state index contributed by atoms with van der Waals surface area (Å²) in [6.07, 6.45) is 10.9. The zero-order chi connectivity index (χ0) is 11.4. The number of unbranched alkanes of at least 4 members (excludes halogenated alkanes) is 3. The summed E-state index contributed by atoms with van der Waals surface area (Å²) in [5.74, 6) is -0.0461. The summed E-state index contributed by atoms with van der Waals surface area (Å²) in [7, 11) is 0. The Hall–Kier alpha value is -1.09. The molecule has 0 unspecified atom stereocenters. The first-order valence-corrected chi connectivity index (χ1v) is 5.49. The van der Waals surface area contributed by atoms with Gasteiger partial charge in [0.05, 0.1) is 0 Å². The van der Waals surface area contributed by atoms with Crippen LogP contribution in [0, 0.1) is 0 Å². The number of aliphatic hydroxyl groups is 1. The molecule has 0 rings (SSSR count). The van der Waals surface area contributed by atoms with Crippen LogP contribution < -0.4 is 5.32 Å². The van der Waals surface area contributed by atoms with Crippen LogP contribution in [0.15, 0.2) is 24.3 Å². The van der Waals surface area contributed by atoms with Crippen molar-refractivity contribution in [3.63, 3.8) is 0 Å². The molecule has 0 bridgehead atoms. The quantitative estimate of drug-likeness (QED) is 0.365. The van der Waals surface area contributed by atoms with Gasteiger partial charge in [0.25, 0.3) is 0 Å². The van der Waals surface area contributed by atoms with E-state index < -0.39 is 0 Å². The zero-order valence-electron chi connectivity index (χ0n) is 9.41. The topological polar surface area (TPSA) is 49.3 Å². The van der Waals surface area contributed by atoms with Crippen LogP contribution in [0.3, 0.4) is 0 Å². The molecule has 1 amide bonds. The lowest BCUT2D eigenvalue weighted by Gasteiger charge is -2.01. The smallest absolute Gasteiger partial charge is 0.243 e. The van der Waals surface area contributed by atoms with E-state index in [1.165, 1.54) is 6.08 Å². The van der Waals surface area contributed by atoms with Gasteiger partial charge in [0.1, 0.15) is 0 Å². The lowest BCUT2D eigenvalue weighted by molar-refractivity contribution is -0.116. The molecular formula is C12H21NO2. The highest BCUT2D eigenvalue weighted by Gasteiger charge is 1.93. The maximum absolute atomic E-state index is 11.1. The number of carbonyl (C=O) groups is 1. The van der Waals surface area contributed by atoms with Crippen molar-refractivity contribution < 1.29 is 9.90 Å². The van der Waals surface area contributed by atoms with Crippen LogP contribution >= 0.6 is 0 Å². The normalized spacial score (nSPS) is 11.3. The Bertz CT molecular complexity index is 210. The van der Waals surface area contributed by atoms with Gasteiger partial charge in [0.2, 0.25) is 5.91 Å². The molecular weight excluding hydrogens is 190 g/mol. The fourth-order valence-electron chi connectivity index (χ4n) is 1.11. The molecule has 0 fully saturated rings. The Balaban J connectivity index is 3.31.